The van der Waals surface area contributed by atoms with Crippen molar-refractivity contribution in [2.45, 2.75) is 25.4 Å². The Morgan fingerprint density at radius 3 is 2.61 bits per heavy atom. The fourth-order valence-electron chi connectivity index (χ4n) is 1.26. The van der Waals surface area contributed by atoms with Gasteiger partial charge in [-0.05, 0) is 6.92 Å². The molecule has 1 unspecified atom stereocenters. The zero-order chi connectivity index (χ0) is 13.9. The number of nitrogens with zero attached hydrogens (tertiary/aromatic N) is 2. The van der Waals surface area contributed by atoms with Crippen molar-refractivity contribution in [3.63, 3.8) is 0 Å². The highest BCUT2D eigenvalue weighted by atomic mass is 16.4. The number of carboxylic acid groups (broad SMARTS) is 1. The summed E-state index contributed by atoms with van der Waals surface area (Å²) >= 11 is 0. The molecule has 1 atom stereocenters. The summed E-state index contributed by atoms with van der Waals surface area (Å²) in [5.74, 6) is -2.21. The van der Waals surface area contributed by atoms with E-state index in [1.807, 2.05) is 0 Å². The van der Waals surface area contributed by atoms with Crippen LogP contribution in [0.5, 0.6) is 0 Å². The Balaban J connectivity index is 2.60. The highest BCUT2D eigenvalue weighted by molar-refractivity contribution is 6.39. The number of rotatable bonds is 4. The zero-order valence-corrected chi connectivity index (χ0v) is 10.1. The third kappa shape index (κ3) is 3.27. The maximum Gasteiger partial charge on any atom is 0.337 e. The van der Waals surface area contributed by atoms with Crippen LogP contribution in [0.1, 0.15) is 19.8 Å². The van der Waals surface area contributed by atoms with E-state index in [4.69, 9.17) is 5.11 Å². The van der Waals surface area contributed by atoms with Gasteiger partial charge in [-0.2, -0.15) is 5.10 Å². The summed E-state index contributed by atoms with van der Waals surface area (Å²) < 4.78 is 0. The van der Waals surface area contributed by atoms with Crippen LogP contribution in [0.3, 0.4) is 0 Å². The first-order chi connectivity index (χ1) is 8.24. The average Bonchev–Trinajstić information content (AvgIpc) is 2.29. The second-order valence-corrected chi connectivity index (χ2v) is 4.23. The van der Waals surface area contributed by atoms with Crippen molar-refractivity contribution in [3.05, 3.63) is 0 Å². The van der Waals surface area contributed by atoms with Crippen LogP contribution < -0.4 is 5.32 Å². The van der Waals surface area contributed by atoms with Crippen LogP contribution in [0.4, 0.5) is 0 Å². The Hall–Kier alpha value is -1.96. The highest BCUT2D eigenvalue weighted by Crippen LogP contribution is 2.07. The maximum absolute atomic E-state index is 11.6. The van der Waals surface area contributed by atoms with Gasteiger partial charge < -0.3 is 15.5 Å². The third-order valence-corrected chi connectivity index (χ3v) is 2.52. The Labute approximate surface area is 103 Å². The molecule has 0 aliphatic carbocycles. The number of carboxylic acids is 1. The summed E-state index contributed by atoms with van der Waals surface area (Å²) in [7, 11) is 1.43. The molecule has 0 aromatic heterocycles. The van der Waals surface area contributed by atoms with Crippen molar-refractivity contribution in [3.8, 4) is 0 Å². The van der Waals surface area contributed by atoms with E-state index in [1.54, 1.807) is 0 Å². The van der Waals surface area contributed by atoms with Crippen molar-refractivity contribution in [1.29, 1.82) is 0 Å². The van der Waals surface area contributed by atoms with Gasteiger partial charge in [0.2, 0.25) is 5.91 Å². The van der Waals surface area contributed by atoms with E-state index in [0.717, 1.165) is 11.9 Å². The van der Waals surface area contributed by atoms with Crippen LogP contribution in [0.25, 0.3) is 0 Å². The third-order valence-electron chi connectivity index (χ3n) is 2.52. The monoisotopic (exact) mass is 257 g/mol. The molecule has 2 amide bonds. The fourth-order valence-corrected chi connectivity index (χ4v) is 1.26. The molecule has 1 aliphatic heterocycles. The molecular weight excluding hydrogens is 242 g/mol. The first-order valence-corrected chi connectivity index (χ1v) is 5.32. The number of amides is 2. The van der Waals surface area contributed by atoms with Gasteiger partial charge in [-0.1, -0.05) is 0 Å². The quantitative estimate of drug-likeness (QED) is 0.569. The summed E-state index contributed by atoms with van der Waals surface area (Å²) in [5.41, 5.74) is -1.90. The molecule has 0 radical (unpaired) electrons. The molecular formula is C10H15N3O5. The van der Waals surface area contributed by atoms with Gasteiger partial charge in [-0.25, -0.2) is 9.80 Å². The predicted octanol–water partition coefficient (Wildman–Crippen LogP) is -1.45. The van der Waals surface area contributed by atoms with Gasteiger partial charge in [0, 0.05) is 19.9 Å². The van der Waals surface area contributed by atoms with Crippen LogP contribution in [0.15, 0.2) is 5.10 Å². The molecule has 1 aliphatic rings. The Bertz CT molecular complexity index is 416. The number of hydrogen-bond acceptors (Lipinski definition) is 5. The van der Waals surface area contributed by atoms with Crippen LogP contribution in [0, 0.1) is 0 Å². The molecule has 0 fully saturated rings. The van der Waals surface area contributed by atoms with Gasteiger partial charge in [0.15, 0.2) is 5.60 Å². The number of aliphatic carboxylic acids is 1. The van der Waals surface area contributed by atoms with E-state index < -0.39 is 24.0 Å². The van der Waals surface area contributed by atoms with Gasteiger partial charge in [-0.15, -0.1) is 0 Å². The van der Waals surface area contributed by atoms with Gasteiger partial charge in [-0.3, -0.25) is 9.59 Å². The van der Waals surface area contributed by atoms with Gasteiger partial charge in [0.1, 0.15) is 5.71 Å². The smallest absolute Gasteiger partial charge is 0.337 e. The molecule has 100 valence electrons. The first kappa shape index (κ1) is 14.1. The molecule has 3 N–H and O–H groups in total. The number of hydrogen-bond donors (Lipinski definition) is 3. The summed E-state index contributed by atoms with van der Waals surface area (Å²) in [6, 6.07) is 0. The van der Waals surface area contributed by atoms with E-state index in [1.165, 1.54) is 7.05 Å². The highest BCUT2D eigenvalue weighted by Gasteiger charge is 2.31. The lowest BCUT2D eigenvalue weighted by molar-refractivity contribution is -0.156. The summed E-state index contributed by atoms with van der Waals surface area (Å²) in [6.45, 7) is 0.645. The molecule has 0 spiro atoms. The molecule has 0 saturated heterocycles. The predicted molar refractivity (Wildman–Crippen MR) is 60.7 cm³/mol. The van der Waals surface area contributed by atoms with Crippen molar-refractivity contribution in [2.24, 2.45) is 5.10 Å². The summed E-state index contributed by atoms with van der Waals surface area (Å²) in [6.07, 6.45) is 0.377. The van der Waals surface area contributed by atoms with Crippen LogP contribution in [0.2, 0.25) is 0 Å². The molecule has 8 heteroatoms. The van der Waals surface area contributed by atoms with Crippen LogP contribution in [-0.2, 0) is 14.4 Å². The first-order valence-electron chi connectivity index (χ1n) is 5.32. The molecule has 0 aromatic carbocycles. The molecule has 0 saturated carbocycles. The standard InChI is InChI=1S/C10H15N3O5/c1-10(18,9(16)17)5-11-8(15)6-3-4-7(14)13(2)12-6/h18H,3-5H2,1-2H3,(H,11,15)(H,16,17). The number of carbonyl (C=O) groups excluding carboxylic acids is 2. The van der Waals surface area contributed by atoms with E-state index in [0.29, 0.717) is 0 Å². The van der Waals surface area contributed by atoms with Gasteiger partial charge >= 0.3 is 5.97 Å². The lowest BCUT2D eigenvalue weighted by atomic mass is 10.1. The van der Waals surface area contributed by atoms with Crippen molar-refractivity contribution < 1.29 is 24.6 Å². The molecule has 8 nitrogen and oxygen atoms in total. The average molecular weight is 257 g/mol. The minimum atomic E-state index is -2.04. The van der Waals surface area contributed by atoms with Gasteiger partial charge in [0.25, 0.3) is 5.91 Å². The second-order valence-electron chi connectivity index (χ2n) is 4.23. The SMILES string of the molecule is CN1N=C(C(=O)NCC(C)(O)C(=O)O)CCC1=O. The Morgan fingerprint density at radius 1 is 1.50 bits per heavy atom. The number of carbonyl (C=O) groups is 3. The van der Waals surface area contributed by atoms with Crippen LogP contribution >= 0.6 is 0 Å². The second kappa shape index (κ2) is 5.13. The molecule has 0 aromatic rings. The fraction of sp³-hybridized carbons (Fsp3) is 0.600. The van der Waals surface area contributed by atoms with Crippen molar-refractivity contribution in [1.82, 2.24) is 10.3 Å². The van der Waals surface area contributed by atoms with Gasteiger partial charge in [0.05, 0.1) is 6.54 Å². The summed E-state index contributed by atoms with van der Waals surface area (Å²) in [5, 5.41) is 25.2. The molecule has 0 bridgehead atoms. The van der Waals surface area contributed by atoms with E-state index in [2.05, 4.69) is 10.4 Å². The normalized spacial score (nSPS) is 18.9. The lowest BCUT2D eigenvalue weighted by Crippen LogP contribution is -2.48. The van der Waals surface area contributed by atoms with Crippen molar-refractivity contribution >= 4 is 23.5 Å². The van der Waals surface area contributed by atoms with E-state index in [9.17, 15) is 19.5 Å². The zero-order valence-electron chi connectivity index (χ0n) is 10.1. The largest absolute Gasteiger partial charge is 0.479 e. The van der Waals surface area contributed by atoms with Crippen molar-refractivity contribution in [2.75, 3.05) is 13.6 Å². The number of nitrogens with one attached hydrogen (secondary N) is 1. The molecule has 18 heavy (non-hydrogen) atoms. The topological polar surface area (TPSA) is 119 Å². The number of aliphatic hydroxyl groups is 1. The number of hydrazone groups is 1. The van der Waals surface area contributed by atoms with E-state index >= 15 is 0 Å². The minimum Gasteiger partial charge on any atom is -0.479 e. The molecule has 1 heterocycles. The molecule has 1 rings (SSSR count). The maximum atomic E-state index is 11.6. The Morgan fingerprint density at radius 2 is 2.11 bits per heavy atom. The lowest BCUT2D eigenvalue weighted by Gasteiger charge is -2.21. The summed E-state index contributed by atoms with van der Waals surface area (Å²) in [4.78, 5) is 33.4. The Kier molecular flexibility index (Phi) is 4.02. The van der Waals surface area contributed by atoms with E-state index in [-0.39, 0.29) is 24.5 Å². The van der Waals surface area contributed by atoms with Crippen LogP contribution in [-0.4, -0.2) is 57.9 Å². The minimum absolute atomic E-state index is 0.137.